The van der Waals surface area contributed by atoms with Gasteiger partial charge in [0, 0.05) is 6.04 Å². The van der Waals surface area contributed by atoms with Crippen molar-refractivity contribution in [1.82, 2.24) is 4.90 Å². The molecule has 0 saturated carbocycles. The van der Waals surface area contributed by atoms with Gasteiger partial charge in [-0.15, -0.1) is 11.3 Å². The van der Waals surface area contributed by atoms with Gasteiger partial charge in [-0.1, -0.05) is 18.5 Å². The first-order valence-corrected chi connectivity index (χ1v) is 7.38. The van der Waals surface area contributed by atoms with Crippen molar-refractivity contribution < 1.29 is 4.79 Å². The van der Waals surface area contributed by atoms with E-state index < -0.39 is 0 Å². The highest BCUT2D eigenvalue weighted by Crippen LogP contribution is 2.27. The lowest BCUT2D eigenvalue weighted by Crippen LogP contribution is -2.41. The Balaban J connectivity index is 2.09. The van der Waals surface area contributed by atoms with Crippen LogP contribution in [0.25, 0.3) is 0 Å². The van der Waals surface area contributed by atoms with Crippen molar-refractivity contribution in [3.8, 4) is 0 Å². The highest BCUT2D eigenvalue weighted by molar-refractivity contribution is 7.18. The molecular formula is C13H18ClNOS. The number of carbonyl (C=O) groups excluding carboxylic acids is 1. The number of carbonyl (C=O) groups is 1. The van der Waals surface area contributed by atoms with Gasteiger partial charge in [-0.25, -0.2) is 0 Å². The number of halogens is 1. The van der Waals surface area contributed by atoms with Gasteiger partial charge >= 0.3 is 0 Å². The first kappa shape index (κ1) is 13.1. The fourth-order valence-electron chi connectivity index (χ4n) is 2.61. The number of nitrogens with zero attached hydrogens (tertiary/aromatic N) is 1. The molecule has 94 valence electrons. The summed E-state index contributed by atoms with van der Waals surface area (Å²) in [5, 5.41) is 0. The Hall–Kier alpha value is -0.380. The van der Waals surface area contributed by atoms with Crippen LogP contribution in [-0.4, -0.2) is 29.3 Å². The quantitative estimate of drug-likeness (QED) is 0.776. The van der Waals surface area contributed by atoms with E-state index in [4.69, 9.17) is 11.6 Å². The van der Waals surface area contributed by atoms with E-state index in [1.165, 1.54) is 24.2 Å². The zero-order valence-electron chi connectivity index (χ0n) is 10.3. The minimum Gasteiger partial charge on any atom is -0.291 e. The van der Waals surface area contributed by atoms with Gasteiger partial charge in [0.15, 0.2) is 5.78 Å². The van der Waals surface area contributed by atoms with E-state index in [1.54, 1.807) is 6.07 Å². The second-order valence-corrected chi connectivity index (χ2v) is 6.30. The molecule has 2 nitrogen and oxygen atoms in total. The number of likely N-dealkylation sites (tertiary alicyclic amines) is 1. The average Bonchev–Trinajstić information content (AvgIpc) is 2.95. The van der Waals surface area contributed by atoms with Crippen LogP contribution in [0.1, 0.15) is 42.8 Å². The van der Waals surface area contributed by atoms with Crippen LogP contribution in [0.2, 0.25) is 4.34 Å². The lowest BCUT2D eigenvalue weighted by atomic mass is 10.1. The van der Waals surface area contributed by atoms with Crippen LogP contribution in [0.3, 0.4) is 0 Å². The highest BCUT2D eigenvalue weighted by Gasteiger charge is 2.31. The zero-order valence-corrected chi connectivity index (χ0v) is 11.9. The fourth-order valence-corrected chi connectivity index (χ4v) is 3.68. The number of rotatable bonds is 4. The third kappa shape index (κ3) is 2.72. The van der Waals surface area contributed by atoms with Crippen LogP contribution in [-0.2, 0) is 0 Å². The summed E-state index contributed by atoms with van der Waals surface area (Å²) in [6, 6.07) is 4.19. The number of thiophene rings is 1. The second kappa shape index (κ2) is 5.51. The van der Waals surface area contributed by atoms with Crippen molar-refractivity contribution in [2.75, 3.05) is 6.54 Å². The number of Topliss-reactive ketones (excluding diaryl/α,β-unsaturated/α-hetero) is 1. The lowest BCUT2D eigenvalue weighted by Gasteiger charge is -2.28. The molecule has 2 unspecified atom stereocenters. The van der Waals surface area contributed by atoms with Gasteiger partial charge in [-0.2, -0.15) is 0 Å². The Morgan fingerprint density at radius 1 is 1.65 bits per heavy atom. The summed E-state index contributed by atoms with van der Waals surface area (Å²) >= 11 is 7.26. The molecule has 1 aromatic heterocycles. The first-order valence-electron chi connectivity index (χ1n) is 6.18. The third-order valence-corrected chi connectivity index (χ3v) is 4.83. The molecule has 2 rings (SSSR count). The molecule has 0 N–H and O–H groups in total. The van der Waals surface area contributed by atoms with Crippen LogP contribution in [0.15, 0.2) is 12.1 Å². The maximum Gasteiger partial charge on any atom is 0.189 e. The largest absolute Gasteiger partial charge is 0.291 e. The van der Waals surface area contributed by atoms with Gasteiger partial charge in [0.2, 0.25) is 0 Å². The first-order chi connectivity index (χ1) is 8.13. The molecule has 0 radical (unpaired) electrons. The van der Waals surface area contributed by atoms with E-state index >= 15 is 0 Å². The summed E-state index contributed by atoms with van der Waals surface area (Å²) in [5.74, 6) is 0.210. The van der Waals surface area contributed by atoms with Crippen molar-refractivity contribution in [2.45, 2.75) is 45.2 Å². The molecule has 1 aromatic rings. The molecule has 1 aliphatic heterocycles. The van der Waals surface area contributed by atoms with Gasteiger partial charge in [0.25, 0.3) is 0 Å². The van der Waals surface area contributed by atoms with Gasteiger partial charge in [0.1, 0.15) is 0 Å². The van der Waals surface area contributed by atoms with E-state index in [1.807, 2.05) is 13.0 Å². The van der Waals surface area contributed by atoms with Crippen molar-refractivity contribution in [1.29, 1.82) is 0 Å². The second-order valence-electron chi connectivity index (χ2n) is 4.59. The van der Waals surface area contributed by atoms with Crippen LogP contribution in [0.4, 0.5) is 0 Å². The molecular weight excluding hydrogens is 254 g/mol. The molecule has 0 aromatic carbocycles. The molecule has 1 aliphatic rings. The minimum absolute atomic E-state index is 0.0165. The van der Waals surface area contributed by atoms with Gasteiger partial charge < -0.3 is 0 Å². The zero-order chi connectivity index (χ0) is 12.4. The topological polar surface area (TPSA) is 20.3 Å². The van der Waals surface area contributed by atoms with Crippen LogP contribution >= 0.6 is 22.9 Å². The maximum absolute atomic E-state index is 12.3. The summed E-state index contributed by atoms with van der Waals surface area (Å²) in [4.78, 5) is 15.4. The highest BCUT2D eigenvalue weighted by atomic mass is 35.5. The van der Waals surface area contributed by atoms with Gasteiger partial charge in [-0.05, 0) is 44.9 Å². The van der Waals surface area contributed by atoms with Crippen molar-refractivity contribution in [2.24, 2.45) is 0 Å². The minimum atomic E-state index is -0.0165. The molecule has 4 heteroatoms. The summed E-state index contributed by atoms with van der Waals surface area (Å²) in [6.45, 7) is 5.26. The molecule has 0 amide bonds. The number of hydrogen-bond donors (Lipinski definition) is 0. The van der Waals surface area contributed by atoms with Crippen LogP contribution < -0.4 is 0 Å². The standard InChI is InChI=1S/C13H18ClNOS/c1-3-10-5-4-8-15(10)9(2)13(16)11-6-7-12(14)17-11/h6-7,9-10H,3-5,8H2,1-2H3. The Kier molecular flexibility index (Phi) is 4.23. The Labute approximate surface area is 112 Å². The van der Waals surface area contributed by atoms with Crippen molar-refractivity contribution in [3.05, 3.63) is 21.3 Å². The van der Waals surface area contributed by atoms with E-state index in [0.717, 1.165) is 17.8 Å². The maximum atomic E-state index is 12.3. The molecule has 17 heavy (non-hydrogen) atoms. The SMILES string of the molecule is CCC1CCCN1C(C)C(=O)c1ccc(Cl)s1. The lowest BCUT2D eigenvalue weighted by molar-refractivity contribution is 0.0822. The molecule has 1 saturated heterocycles. The summed E-state index contributed by atoms with van der Waals surface area (Å²) in [6.07, 6.45) is 3.56. The van der Waals surface area contributed by atoms with Crippen molar-refractivity contribution in [3.63, 3.8) is 0 Å². The summed E-state index contributed by atoms with van der Waals surface area (Å²) in [5.41, 5.74) is 0. The molecule has 2 heterocycles. The average molecular weight is 272 g/mol. The smallest absolute Gasteiger partial charge is 0.189 e. The van der Waals surface area contributed by atoms with E-state index in [-0.39, 0.29) is 11.8 Å². The predicted octanol–water partition coefficient (Wildman–Crippen LogP) is 3.85. The van der Waals surface area contributed by atoms with Gasteiger partial charge in [-0.3, -0.25) is 9.69 Å². The Bertz CT molecular complexity index is 404. The fraction of sp³-hybridized carbons (Fsp3) is 0.615. The molecule has 2 atom stereocenters. The number of ketones is 1. The number of hydrogen-bond acceptors (Lipinski definition) is 3. The van der Waals surface area contributed by atoms with Crippen LogP contribution in [0.5, 0.6) is 0 Å². The van der Waals surface area contributed by atoms with Gasteiger partial charge in [0.05, 0.1) is 15.3 Å². The molecule has 0 spiro atoms. The van der Waals surface area contributed by atoms with E-state index in [0.29, 0.717) is 10.4 Å². The van der Waals surface area contributed by atoms with Crippen molar-refractivity contribution >= 4 is 28.7 Å². The third-order valence-electron chi connectivity index (χ3n) is 3.59. The summed E-state index contributed by atoms with van der Waals surface area (Å²) < 4.78 is 0.689. The monoisotopic (exact) mass is 271 g/mol. The summed E-state index contributed by atoms with van der Waals surface area (Å²) in [7, 11) is 0. The Morgan fingerprint density at radius 2 is 2.41 bits per heavy atom. The van der Waals surface area contributed by atoms with E-state index in [9.17, 15) is 4.79 Å². The normalized spacial score (nSPS) is 22.9. The van der Waals surface area contributed by atoms with E-state index in [2.05, 4.69) is 11.8 Å². The predicted molar refractivity (Wildman–Crippen MR) is 73.1 cm³/mol. The molecule has 0 aliphatic carbocycles. The van der Waals surface area contributed by atoms with Crippen LogP contribution in [0, 0.1) is 0 Å². The molecule has 1 fully saturated rings. The Morgan fingerprint density at radius 3 is 3.00 bits per heavy atom. The molecule has 0 bridgehead atoms.